The number of hydrogen-bond acceptors (Lipinski definition) is 6. The SMILES string of the molecule is CC(SCc1nc2scc(-c3ccccc3)c2c(=O)[nH]1)C(=O)N1CCOCC1. The number of thioether (sulfide) groups is 1. The molecule has 1 saturated heterocycles. The number of thiophene rings is 1. The van der Waals surface area contributed by atoms with Crippen LogP contribution in [-0.2, 0) is 15.3 Å². The summed E-state index contributed by atoms with van der Waals surface area (Å²) in [6, 6.07) is 9.85. The third kappa shape index (κ3) is 3.99. The maximum Gasteiger partial charge on any atom is 0.260 e. The molecular weight excluding hydrogens is 394 g/mol. The summed E-state index contributed by atoms with van der Waals surface area (Å²) in [6.45, 7) is 4.37. The van der Waals surface area contributed by atoms with Crippen molar-refractivity contribution in [2.24, 2.45) is 0 Å². The molecule has 1 fully saturated rings. The second kappa shape index (κ2) is 8.46. The van der Waals surface area contributed by atoms with Crippen LogP contribution in [0.3, 0.4) is 0 Å². The highest BCUT2D eigenvalue weighted by molar-refractivity contribution is 7.99. The Kier molecular flexibility index (Phi) is 5.79. The van der Waals surface area contributed by atoms with Crippen molar-refractivity contribution in [3.8, 4) is 11.1 Å². The Morgan fingerprint density at radius 1 is 1.32 bits per heavy atom. The maximum absolute atomic E-state index is 12.7. The van der Waals surface area contributed by atoms with Gasteiger partial charge in [-0.25, -0.2) is 4.98 Å². The van der Waals surface area contributed by atoms with E-state index in [4.69, 9.17) is 4.74 Å². The van der Waals surface area contributed by atoms with Gasteiger partial charge in [-0.05, 0) is 12.5 Å². The molecule has 1 aliphatic rings. The normalized spacial score (nSPS) is 15.7. The summed E-state index contributed by atoms with van der Waals surface area (Å²) in [7, 11) is 0. The lowest BCUT2D eigenvalue weighted by molar-refractivity contribution is -0.134. The molecule has 2 aromatic heterocycles. The van der Waals surface area contributed by atoms with E-state index in [2.05, 4.69) is 9.97 Å². The molecule has 1 atom stereocenters. The van der Waals surface area contributed by atoms with Crippen molar-refractivity contribution in [2.75, 3.05) is 26.3 Å². The lowest BCUT2D eigenvalue weighted by Gasteiger charge is -2.29. The van der Waals surface area contributed by atoms with Crippen LogP contribution >= 0.6 is 23.1 Å². The molecule has 0 saturated carbocycles. The molecule has 0 radical (unpaired) electrons. The van der Waals surface area contributed by atoms with Crippen molar-refractivity contribution < 1.29 is 9.53 Å². The zero-order valence-electron chi connectivity index (χ0n) is 15.5. The number of benzene rings is 1. The highest BCUT2D eigenvalue weighted by Crippen LogP contribution is 2.30. The summed E-state index contributed by atoms with van der Waals surface area (Å²) in [6.07, 6.45) is 0. The first kappa shape index (κ1) is 19.2. The maximum atomic E-state index is 12.7. The van der Waals surface area contributed by atoms with Crippen LogP contribution in [0.4, 0.5) is 0 Å². The van der Waals surface area contributed by atoms with Gasteiger partial charge in [0.15, 0.2) is 0 Å². The average Bonchev–Trinajstić information content (AvgIpc) is 3.17. The Morgan fingerprint density at radius 2 is 2.07 bits per heavy atom. The van der Waals surface area contributed by atoms with Gasteiger partial charge < -0.3 is 14.6 Å². The van der Waals surface area contributed by atoms with Gasteiger partial charge in [-0.15, -0.1) is 23.1 Å². The fourth-order valence-corrected chi connectivity index (χ4v) is 5.01. The third-order valence-corrected chi connectivity index (χ3v) is 6.73. The van der Waals surface area contributed by atoms with Crippen LogP contribution in [0.1, 0.15) is 12.7 Å². The number of H-pyrrole nitrogens is 1. The Bertz CT molecular complexity index is 1030. The van der Waals surface area contributed by atoms with Crippen molar-refractivity contribution in [1.29, 1.82) is 0 Å². The molecule has 1 unspecified atom stereocenters. The second-order valence-electron chi connectivity index (χ2n) is 6.60. The number of hydrogen-bond donors (Lipinski definition) is 1. The fourth-order valence-electron chi connectivity index (χ4n) is 3.21. The third-order valence-electron chi connectivity index (χ3n) is 4.72. The lowest BCUT2D eigenvalue weighted by atomic mass is 10.1. The Hall–Kier alpha value is -2.16. The zero-order valence-corrected chi connectivity index (χ0v) is 17.1. The first-order valence-electron chi connectivity index (χ1n) is 9.17. The summed E-state index contributed by atoms with van der Waals surface area (Å²) in [5.74, 6) is 1.20. The minimum atomic E-state index is -0.192. The second-order valence-corrected chi connectivity index (χ2v) is 8.79. The summed E-state index contributed by atoms with van der Waals surface area (Å²) >= 11 is 2.96. The molecule has 1 N–H and O–H groups in total. The lowest BCUT2D eigenvalue weighted by Crippen LogP contribution is -2.44. The smallest absolute Gasteiger partial charge is 0.260 e. The van der Waals surface area contributed by atoms with Crippen molar-refractivity contribution in [3.05, 3.63) is 51.9 Å². The molecule has 0 aliphatic carbocycles. The Labute approximate surface area is 170 Å². The summed E-state index contributed by atoms with van der Waals surface area (Å²) < 4.78 is 5.30. The molecular formula is C20H21N3O3S2. The number of carbonyl (C=O) groups is 1. The van der Waals surface area contributed by atoms with E-state index >= 15 is 0 Å². The fraction of sp³-hybridized carbons (Fsp3) is 0.350. The van der Waals surface area contributed by atoms with E-state index in [1.807, 2.05) is 47.5 Å². The molecule has 1 aliphatic heterocycles. The van der Waals surface area contributed by atoms with Crippen molar-refractivity contribution in [2.45, 2.75) is 17.9 Å². The summed E-state index contributed by atoms with van der Waals surface area (Å²) in [4.78, 5) is 35.3. The number of aromatic nitrogens is 2. The van der Waals surface area contributed by atoms with Gasteiger partial charge in [-0.3, -0.25) is 9.59 Å². The largest absolute Gasteiger partial charge is 0.378 e. The van der Waals surface area contributed by atoms with Crippen LogP contribution in [0.15, 0.2) is 40.5 Å². The van der Waals surface area contributed by atoms with E-state index in [-0.39, 0.29) is 16.7 Å². The Balaban J connectivity index is 1.49. The van der Waals surface area contributed by atoms with Crippen LogP contribution in [0.25, 0.3) is 21.3 Å². The van der Waals surface area contributed by atoms with Crippen molar-refractivity contribution in [3.63, 3.8) is 0 Å². The standard InChI is InChI=1S/C20H21N3O3S2/c1-13(20(25)23-7-9-26-10-8-23)27-12-16-21-18(24)17-15(11-28-19(17)22-16)14-5-3-2-4-6-14/h2-6,11,13H,7-10,12H2,1H3,(H,21,22,24). The van der Waals surface area contributed by atoms with Crippen LogP contribution in [0.5, 0.6) is 0 Å². The molecule has 4 rings (SSSR count). The minimum Gasteiger partial charge on any atom is -0.378 e. The van der Waals surface area contributed by atoms with Gasteiger partial charge in [0.2, 0.25) is 5.91 Å². The molecule has 28 heavy (non-hydrogen) atoms. The zero-order chi connectivity index (χ0) is 19.5. The first-order valence-corrected chi connectivity index (χ1v) is 11.1. The topological polar surface area (TPSA) is 75.3 Å². The number of ether oxygens (including phenoxy) is 1. The van der Waals surface area contributed by atoms with E-state index in [1.54, 1.807) is 0 Å². The molecule has 146 valence electrons. The van der Waals surface area contributed by atoms with Gasteiger partial charge in [0.05, 0.1) is 29.6 Å². The number of aromatic amines is 1. The van der Waals surface area contributed by atoms with Gasteiger partial charge in [0.25, 0.3) is 5.56 Å². The monoisotopic (exact) mass is 415 g/mol. The summed E-state index contributed by atoms with van der Waals surface area (Å²) in [5, 5.41) is 2.41. The van der Waals surface area contributed by atoms with Crippen LogP contribution in [0.2, 0.25) is 0 Å². The first-order chi connectivity index (χ1) is 13.6. The van der Waals surface area contributed by atoms with Gasteiger partial charge in [0, 0.05) is 24.0 Å². The molecule has 1 amide bonds. The molecule has 3 heterocycles. The molecule has 0 bridgehead atoms. The molecule has 0 spiro atoms. The van der Waals surface area contributed by atoms with E-state index in [0.717, 1.165) is 16.0 Å². The van der Waals surface area contributed by atoms with Gasteiger partial charge in [0.1, 0.15) is 10.7 Å². The predicted octanol–water partition coefficient (Wildman–Crippen LogP) is 3.13. The van der Waals surface area contributed by atoms with Crippen LogP contribution in [-0.4, -0.2) is 52.3 Å². The number of carbonyl (C=O) groups excluding carboxylic acids is 1. The number of morpholine rings is 1. The predicted molar refractivity (Wildman–Crippen MR) is 114 cm³/mol. The van der Waals surface area contributed by atoms with Gasteiger partial charge in [-0.2, -0.15) is 0 Å². The number of amides is 1. The molecule has 8 heteroatoms. The minimum absolute atomic E-state index is 0.110. The van der Waals surface area contributed by atoms with Gasteiger partial charge >= 0.3 is 0 Å². The number of nitrogens with zero attached hydrogens (tertiary/aromatic N) is 2. The molecule has 6 nitrogen and oxygen atoms in total. The number of nitrogens with one attached hydrogen (secondary N) is 1. The molecule has 1 aromatic carbocycles. The summed E-state index contributed by atoms with van der Waals surface area (Å²) in [5.41, 5.74) is 1.78. The van der Waals surface area contributed by atoms with Crippen LogP contribution < -0.4 is 5.56 Å². The highest BCUT2D eigenvalue weighted by Gasteiger charge is 2.23. The van der Waals surface area contributed by atoms with E-state index in [0.29, 0.717) is 43.3 Å². The average molecular weight is 416 g/mol. The van der Waals surface area contributed by atoms with Crippen molar-refractivity contribution in [1.82, 2.24) is 14.9 Å². The van der Waals surface area contributed by atoms with Crippen LogP contribution in [0, 0.1) is 0 Å². The molecule has 3 aromatic rings. The Morgan fingerprint density at radius 3 is 2.82 bits per heavy atom. The van der Waals surface area contributed by atoms with Gasteiger partial charge in [-0.1, -0.05) is 30.3 Å². The quantitative estimate of drug-likeness (QED) is 0.693. The van der Waals surface area contributed by atoms with E-state index < -0.39 is 0 Å². The van der Waals surface area contributed by atoms with E-state index in [1.165, 1.54) is 23.1 Å². The van der Waals surface area contributed by atoms with Crippen molar-refractivity contribution >= 4 is 39.2 Å². The number of rotatable bonds is 5. The highest BCUT2D eigenvalue weighted by atomic mass is 32.2. The van der Waals surface area contributed by atoms with E-state index in [9.17, 15) is 9.59 Å². The number of fused-ring (bicyclic) bond motifs is 1.